The standard InChI is InChI=1S/C27H33N5O3/c1-27(2,3)24-16-25(32-35-24)31-26(34)30-21-7-4-18(5-8-21)15-23(33)22-9-6-20(17-29-22)14-19-10-12-28-13-11-19/h4-9,16-17,19,28H,10-15H2,1-3H3,(H2,30,31,32,34). The van der Waals surface area contributed by atoms with E-state index in [4.69, 9.17) is 4.52 Å². The van der Waals surface area contributed by atoms with Crippen molar-refractivity contribution in [2.75, 3.05) is 23.7 Å². The van der Waals surface area contributed by atoms with Gasteiger partial charge in [-0.1, -0.05) is 44.1 Å². The van der Waals surface area contributed by atoms with Gasteiger partial charge < -0.3 is 15.2 Å². The van der Waals surface area contributed by atoms with Gasteiger partial charge in [0.25, 0.3) is 0 Å². The van der Waals surface area contributed by atoms with Crippen LogP contribution in [0.3, 0.4) is 0 Å². The van der Waals surface area contributed by atoms with Gasteiger partial charge >= 0.3 is 6.03 Å². The fraction of sp³-hybridized carbons (Fsp3) is 0.407. The van der Waals surface area contributed by atoms with Crippen LogP contribution in [0.15, 0.2) is 53.2 Å². The van der Waals surface area contributed by atoms with Gasteiger partial charge in [-0.15, -0.1) is 0 Å². The molecule has 0 aliphatic carbocycles. The number of nitrogens with one attached hydrogen (secondary N) is 3. The number of hydrogen-bond donors (Lipinski definition) is 3. The second kappa shape index (κ2) is 10.8. The fourth-order valence-corrected chi connectivity index (χ4v) is 4.08. The molecule has 3 aromatic rings. The van der Waals surface area contributed by atoms with Gasteiger partial charge in [0.2, 0.25) is 0 Å². The zero-order valence-electron chi connectivity index (χ0n) is 20.6. The number of aromatic nitrogens is 2. The van der Waals surface area contributed by atoms with Crippen molar-refractivity contribution in [3.05, 3.63) is 71.2 Å². The minimum Gasteiger partial charge on any atom is -0.359 e. The first-order valence-corrected chi connectivity index (χ1v) is 12.1. The lowest BCUT2D eigenvalue weighted by Crippen LogP contribution is -2.28. The van der Waals surface area contributed by atoms with Crippen molar-refractivity contribution in [1.82, 2.24) is 15.5 Å². The molecule has 2 amide bonds. The van der Waals surface area contributed by atoms with Crippen molar-refractivity contribution in [3.63, 3.8) is 0 Å². The summed E-state index contributed by atoms with van der Waals surface area (Å²) in [5, 5.41) is 12.7. The third-order valence-corrected chi connectivity index (χ3v) is 6.16. The lowest BCUT2D eigenvalue weighted by atomic mass is 9.91. The maximum Gasteiger partial charge on any atom is 0.324 e. The number of ketones is 1. The first-order valence-electron chi connectivity index (χ1n) is 12.1. The number of carbonyl (C=O) groups excluding carboxylic acids is 2. The zero-order chi connectivity index (χ0) is 24.8. The second-order valence-corrected chi connectivity index (χ2v) is 10.2. The van der Waals surface area contributed by atoms with Crippen molar-refractivity contribution in [3.8, 4) is 0 Å². The van der Waals surface area contributed by atoms with Crippen LogP contribution in [-0.2, 0) is 18.3 Å². The van der Waals surface area contributed by atoms with Crippen LogP contribution in [0.25, 0.3) is 0 Å². The zero-order valence-corrected chi connectivity index (χ0v) is 20.6. The molecule has 1 aliphatic heterocycles. The molecule has 1 aromatic carbocycles. The topological polar surface area (TPSA) is 109 Å². The highest BCUT2D eigenvalue weighted by Crippen LogP contribution is 2.24. The molecular formula is C27H33N5O3. The number of pyridine rings is 1. The Morgan fingerprint density at radius 3 is 2.37 bits per heavy atom. The predicted octanol–water partition coefficient (Wildman–Crippen LogP) is 4.98. The third kappa shape index (κ3) is 6.99. The number of rotatable bonds is 7. The molecule has 1 saturated heterocycles. The van der Waals surface area contributed by atoms with Crippen LogP contribution < -0.4 is 16.0 Å². The number of benzene rings is 1. The van der Waals surface area contributed by atoms with Gasteiger partial charge in [-0.25, -0.2) is 4.79 Å². The summed E-state index contributed by atoms with van der Waals surface area (Å²) in [4.78, 5) is 29.4. The van der Waals surface area contributed by atoms with E-state index in [0.29, 0.717) is 28.9 Å². The molecule has 35 heavy (non-hydrogen) atoms. The van der Waals surface area contributed by atoms with E-state index >= 15 is 0 Å². The smallest absolute Gasteiger partial charge is 0.324 e. The fourth-order valence-electron chi connectivity index (χ4n) is 4.08. The Balaban J connectivity index is 1.27. The molecule has 3 heterocycles. The minimum absolute atomic E-state index is 0.0300. The number of hydrogen-bond acceptors (Lipinski definition) is 6. The van der Waals surface area contributed by atoms with Crippen LogP contribution in [0, 0.1) is 5.92 Å². The van der Waals surface area contributed by atoms with Crippen molar-refractivity contribution < 1.29 is 14.1 Å². The van der Waals surface area contributed by atoms with Gasteiger partial charge in [0.15, 0.2) is 11.6 Å². The van der Waals surface area contributed by atoms with E-state index in [1.807, 2.05) is 51.2 Å². The van der Waals surface area contributed by atoms with Crippen LogP contribution in [0.1, 0.15) is 61.0 Å². The molecule has 1 aliphatic rings. The Bertz CT molecular complexity index is 1140. The summed E-state index contributed by atoms with van der Waals surface area (Å²) in [6, 6.07) is 12.3. The monoisotopic (exact) mass is 475 g/mol. The van der Waals surface area contributed by atoms with Crippen LogP contribution in [-0.4, -0.2) is 35.0 Å². The van der Waals surface area contributed by atoms with Gasteiger partial charge in [0.1, 0.15) is 11.5 Å². The van der Waals surface area contributed by atoms with E-state index in [9.17, 15) is 9.59 Å². The average molecular weight is 476 g/mol. The minimum atomic E-state index is -0.420. The Kier molecular flexibility index (Phi) is 7.60. The molecule has 8 heteroatoms. The molecule has 3 N–H and O–H groups in total. The lowest BCUT2D eigenvalue weighted by molar-refractivity contribution is 0.0988. The highest BCUT2D eigenvalue weighted by Gasteiger charge is 2.20. The molecule has 0 saturated carbocycles. The maximum atomic E-state index is 12.7. The van der Waals surface area contributed by atoms with E-state index < -0.39 is 6.03 Å². The molecule has 1 fully saturated rings. The van der Waals surface area contributed by atoms with Crippen LogP contribution in [0.2, 0.25) is 0 Å². The highest BCUT2D eigenvalue weighted by molar-refractivity contribution is 5.99. The van der Waals surface area contributed by atoms with Crippen molar-refractivity contribution in [2.24, 2.45) is 5.92 Å². The summed E-state index contributed by atoms with van der Waals surface area (Å²) >= 11 is 0. The maximum absolute atomic E-state index is 12.7. The van der Waals surface area contributed by atoms with Gasteiger partial charge in [-0.2, -0.15) is 0 Å². The molecule has 184 valence electrons. The van der Waals surface area contributed by atoms with E-state index in [1.165, 1.54) is 18.4 Å². The SMILES string of the molecule is CC(C)(C)c1cc(NC(=O)Nc2ccc(CC(=O)c3ccc(CC4CCNCC4)cn3)cc2)no1. The lowest BCUT2D eigenvalue weighted by Gasteiger charge is -2.22. The van der Waals surface area contributed by atoms with Crippen LogP contribution >= 0.6 is 0 Å². The quantitative estimate of drug-likeness (QED) is 0.416. The molecular weight excluding hydrogens is 442 g/mol. The molecule has 2 aromatic heterocycles. The summed E-state index contributed by atoms with van der Waals surface area (Å²) in [6.45, 7) is 8.17. The first kappa shape index (κ1) is 24.6. The molecule has 8 nitrogen and oxygen atoms in total. The van der Waals surface area contributed by atoms with E-state index in [2.05, 4.69) is 26.1 Å². The number of nitrogens with zero attached hydrogens (tertiary/aromatic N) is 2. The predicted molar refractivity (Wildman–Crippen MR) is 136 cm³/mol. The van der Waals surface area contributed by atoms with Crippen molar-refractivity contribution in [2.45, 2.75) is 51.9 Å². The van der Waals surface area contributed by atoms with Gasteiger partial charge in [-0.05, 0) is 67.6 Å². The highest BCUT2D eigenvalue weighted by atomic mass is 16.5. The Morgan fingerprint density at radius 1 is 1.03 bits per heavy atom. The number of urea groups is 1. The van der Waals surface area contributed by atoms with Gasteiger partial charge in [0, 0.05) is 29.8 Å². The number of anilines is 2. The summed E-state index contributed by atoms with van der Waals surface area (Å²) in [7, 11) is 0. The van der Waals surface area contributed by atoms with Crippen molar-refractivity contribution in [1.29, 1.82) is 0 Å². The molecule has 0 spiro atoms. The summed E-state index contributed by atoms with van der Waals surface area (Å²) in [5.41, 5.74) is 2.93. The Hall–Kier alpha value is -3.52. The van der Waals surface area contributed by atoms with Crippen LogP contribution in [0.5, 0.6) is 0 Å². The molecule has 4 rings (SSSR count). The first-order chi connectivity index (χ1) is 16.8. The molecule has 0 radical (unpaired) electrons. The molecule has 0 atom stereocenters. The number of amides is 2. The van der Waals surface area contributed by atoms with Crippen molar-refractivity contribution >= 4 is 23.3 Å². The number of piperidine rings is 1. The Labute approximate surface area is 205 Å². The number of Topliss-reactive ketones (excluding diaryl/α,β-unsaturated/α-hetero) is 1. The Morgan fingerprint density at radius 2 is 1.74 bits per heavy atom. The molecule has 0 bridgehead atoms. The largest absolute Gasteiger partial charge is 0.359 e. The summed E-state index contributed by atoms with van der Waals surface area (Å²) in [5.74, 6) is 1.69. The van der Waals surface area contributed by atoms with E-state index in [-0.39, 0.29) is 17.6 Å². The normalized spacial score (nSPS) is 14.5. The second-order valence-electron chi connectivity index (χ2n) is 10.2. The summed E-state index contributed by atoms with van der Waals surface area (Å²) < 4.78 is 5.28. The average Bonchev–Trinajstić information content (AvgIpc) is 3.30. The van der Waals surface area contributed by atoms with E-state index in [0.717, 1.165) is 25.1 Å². The van der Waals surface area contributed by atoms with Crippen LogP contribution in [0.4, 0.5) is 16.3 Å². The summed E-state index contributed by atoms with van der Waals surface area (Å²) in [6.07, 6.45) is 5.47. The van der Waals surface area contributed by atoms with Gasteiger partial charge in [0.05, 0.1) is 0 Å². The van der Waals surface area contributed by atoms with E-state index in [1.54, 1.807) is 18.2 Å². The molecule has 0 unspecified atom stereocenters. The number of carbonyl (C=O) groups is 2. The third-order valence-electron chi connectivity index (χ3n) is 6.16. The van der Waals surface area contributed by atoms with Gasteiger partial charge in [-0.3, -0.25) is 15.1 Å².